The summed E-state index contributed by atoms with van der Waals surface area (Å²) in [5.74, 6) is 2.18. The fourth-order valence-corrected chi connectivity index (χ4v) is 4.90. The number of anilines is 3. The van der Waals surface area contributed by atoms with Crippen molar-refractivity contribution in [3.05, 3.63) is 42.0 Å². The summed E-state index contributed by atoms with van der Waals surface area (Å²) in [5, 5.41) is 0. The van der Waals surface area contributed by atoms with Crippen molar-refractivity contribution >= 4 is 17.6 Å². The Balaban J connectivity index is 1.50. The second-order valence-electron chi connectivity index (χ2n) is 8.14. The first-order valence-corrected chi connectivity index (χ1v) is 9.99. The van der Waals surface area contributed by atoms with Crippen molar-refractivity contribution in [3.8, 4) is 0 Å². The third-order valence-corrected chi connectivity index (χ3v) is 6.33. The van der Waals surface area contributed by atoms with Crippen molar-refractivity contribution in [1.82, 2.24) is 14.9 Å². The first kappa shape index (κ1) is 18.0. The molecule has 0 saturated carbocycles. The van der Waals surface area contributed by atoms with Crippen molar-refractivity contribution in [1.29, 1.82) is 0 Å². The molecule has 4 N–H and O–H groups in total. The molecule has 1 aromatic carbocycles. The zero-order valence-electron chi connectivity index (χ0n) is 16.1. The first-order valence-electron chi connectivity index (χ1n) is 9.99. The van der Waals surface area contributed by atoms with Crippen LogP contribution in [-0.4, -0.2) is 47.6 Å². The minimum atomic E-state index is 0.254. The van der Waals surface area contributed by atoms with E-state index in [0.717, 1.165) is 25.5 Å². The van der Waals surface area contributed by atoms with Gasteiger partial charge >= 0.3 is 0 Å². The van der Waals surface area contributed by atoms with Gasteiger partial charge in [-0.1, -0.05) is 37.3 Å². The highest BCUT2D eigenvalue weighted by Crippen LogP contribution is 2.45. The first-order chi connectivity index (χ1) is 13.1. The second kappa shape index (κ2) is 7.35. The molecular weight excluding hydrogens is 336 g/mol. The summed E-state index contributed by atoms with van der Waals surface area (Å²) in [4.78, 5) is 13.3. The molecule has 1 spiro atoms. The average Bonchev–Trinajstić information content (AvgIpc) is 2.68. The van der Waals surface area contributed by atoms with Crippen LogP contribution in [-0.2, 0) is 0 Å². The van der Waals surface area contributed by atoms with E-state index in [1.54, 1.807) is 0 Å². The summed E-state index contributed by atoms with van der Waals surface area (Å²) >= 11 is 0. The maximum absolute atomic E-state index is 5.86. The van der Waals surface area contributed by atoms with Gasteiger partial charge in [0, 0.05) is 32.2 Å². The van der Waals surface area contributed by atoms with Crippen LogP contribution in [0.2, 0.25) is 0 Å². The molecule has 0 aliphatic carbocycles. The predicted octanol–water partition coefficient (Wildman–Crippen LogP) is 2.74. The summed E-state index contributed by atoms with van der Waals surface area (Å²) in [6.45, 7) is 7.76. The van der Waals surface area contributed by atoms with Gasteiger partial charge in [-0.3, -0.25) is 0 Å². The van der Waals surface area contributed by atoms with Gasteiger partial charge in [0.05, 0.1) is 0 Å². The number of nitrogens with zero attached hydrogens (tertiary/aromatic N) is 4. The number of hydrogen-bond acceptors (Lipinski definition) is 6. The lowest BCUT2D eigenvalue weighted by Crippen LogP contribution is -2.51. The molecular formula is C21H30N6. The summed E-state index contributed by atoms with van der Waals surface area (Å²) < 4.78 is 0. The Kier molecular flexibility index (Phi) is 4.91. The predicted molar refractivity (Wildman–Crippen MR) is 111 cm³/mol. The van der Waals surface area contributed by atoms with Crippen LogP contribution in [0.15, 0.2) is 36.4 Å². The van der Waals surface area contributed by atoms with Crippen LogP contribution in [0.1, 0.15) is 37.7 Å². The third-order valence-electron chi connectivity index (χ3n) is 6.33. The van der Waals surface area contributed by atoms with E-state index in [9.17, 15) is 0 Å². The van der Waals surface area contributed by atoms with E-state index in [-0.39, 0.29) is 5.95 Å². The van der Waals surface area contributed by atoms with E-state index in [1.165, 1.54) is 37.9 Å². The summed E-state index contributed by atoms with van der Waals surface area (Å²) in [6, 6.07) is 12.9. The normalized spacial score (nSPS) is 22.9. The Morgan fingerprint density at radius 3 is 2.52 bits per heavy atom. The Hall–Kier alpha value is -2.34. The third kappa shape index (κ3) is 3.86. The van der Waals surface area contributed by atoms with E-state index in [2.05, 4.69) is 57.0 Å². The molecule has 1 unspecified atom stereocenters. The molecule has 6 heteroatoms. The molecule has 0 amide bonds. The van der Waals surface area contributed by atoms with Gasteiger partial charge in [-0.25, -0.2) is 0 Å². The van der Waals surface area contributed by atoms with E-state index >= 15 is 0 Å². The lowest BCUT2D eigenvalue weighted by Gasteiger charge is -2.50. The van der Waals surface area contributed by atoms with Crippen molar-refractivity contribution in [2.45, 2.75) is 32.1 Å². The molecule has 1 atom stereocenters. The lowest BCUT2D eigenvalue weighted by atomic mass is 9.68. The molecule has 0 radical (unpaired) electrons. The summed E-state index contributed by atoms with van der Waals surface area (Å²) in [5.41, 5.74) is 13.5. The SMILES string of the molecule is CCN1CC(c2ccccc2)CC2(CCN(c3cc(N)nc(N)n3)CC2)C1. The Morgan fingerprint density at radius 1 is 1.11 bits per heavy atom. The van der Waals surface area contributed by atoms with Crippen molar-refractivity contribution < 1.29 is 0 Å². The number of benzene rings is 1. The van der Waals surface area contributed by atoms with Crippen LogP contribution in [0.4, 0.5) is 17.6 Å². The number of piperidine rings is 2. The number of rotatable bonds is 3. The molecule has 0 bridgehead atoms. The summed E-state index contributed by atoms with van der Waals surface area (Å²) in [6.07, 6.45) is 3.63. The second-order valence-corrected chi connectivity index (χ2v) is 8.14. The van der Waals surface area contributed by atoms with E-state index < -0.39 is 0 Å². The Morgan fingerprint density at radius 2 is 1.85 bits per heavy atom. The number of likely N-dealkylation sites (tertiary alicyclic amines) is 1. The molecule has 2 aromatic rings. The average molecular weight is 367 g/mol. The Bertz CT molecular complexity index is 749. The van der Waals surface area contributed by atoms with Gasteiger partial charge in [-0.05, 0) is 42.7 Å². The lowest BCUT2D eigenvalue weighted by molar-refractivity contribution is 0.0543. The van der Waals surface area contributed by atoms with Crippen LogP contribution in [0.5, 0.6) is 0 Å². The maximum Gasteiger partial charge on any atom is 0.223 e. The highest BCUT2D eigenvalue weighted by atomic mass is 15.2. The quantitative estimate of drug-likeness (QED) is 0.869. The molecule has 2 fully saturated rings. The number of likely N-dealkylation sites (N-methyl/N-ethyl adjacent to an activating group) is 1. The fourth-order valence-electron chi connectivity index (χ4n) is 4.90. The monoisotopic (exact) mass is 366 g/mol. The molecule has 4 rings (SSSR count). The highest BCUT2D eigenvalue weighted by molar-refractivity contribution is 5.50. The van der Waals surface area contributed by atoms with Crippen LogP contribution < -0.4 is 16.4 Å². The summed E-state index contributed by atoms with van der Waals surface area (Å²) in [7, 11) is 0. The van der Waals surface area contributed by atoms with Gasteiger partial charge in [0.2, 0.25) is 5.95 Å². The van der Waals surface area contributed by atoms with Gasteiger partial charge in [-0.15, -0.1) is 0 Å². The van der Waals surface area contributed by atoms with E-state index in [4.69, 9.17) is 11.5 Å². The van der Waals surface area contributed by atoms with E-state index in [0.29, 0.717) is 17.2 Å². The zero-order valence-corrected chi connectivity index (χ0v) is 16.1. The largest absolute Gasteiger partial charge is 0.383 e. The van der Waals surface area contributed by atoms with Gasteiger partial charge in [0.15, 0.2) is 0 Å². The van der Waals surface area contributed by atoms with Crippen LogP contribution in [0.3, 0.4) is 0 Å². The molecule has 3 heterocycles. The van der Waals surface area contributed by atoms with Crippen LogP contribution in [0.25, 0.3) is 0 Å². The molecule has 6 nitrogen and oxygen atoms in total. The van der Waals surface area contributed by atoms with Crippen LogP contribution >= 0.6 is 0 Å². The Labute approximate surface area is 161 Å². The topological polar surface area (TPSA) is 84.3 Å². The highest BCUT2D eigenvalue weighted by Gasteiger charge is 2.42. The van der Waals surface area contributed by atoms with Gasteiger partial charge in [-0.2, -0.15) is 9.97 Å². The molecule has 2 aliphatic rings. The molecule has 1 aromatic heterocycles. The number of nitrogen functional groups attached to an aromatic ring is 2. The number of hydrogen-bond donors (Lipinski definition) is 2. The fraction of sp³-hybridized carbons (Fsp3) is 0.524. The van der Waals surface area contributed by atoms with Crippen molar-refractivity contribution in [2.75, 3.05) is 49.1 Å². The van der Waals surface area contributed by atoms with Crippen molar-refractivity contribution in [2.24, 2.45) is 5.41 Å². The molecule has 2 aliphatic heterocycles. The number of nitrogens with two attached hydrogens (primary N) is 2. The minimum Gasteiger partial charge on any atom is -0.383 e. The number of aromatic nitrogens is 2. The van der Waals surface area contributed by atoms with Gasteiger partial charge < -0.3 is 21.3 Å². The van der Waals surface area contributed by atoms with Crippen LogP contribution in [0, 0.1) is 5.41 Å². The smallest absolute Gasteiger partial charge is 0.223 e. The standard InChI is InChI=1S/C21H30N6/c1-2-26-14-17(16-6-4-3-5-7-16)13-21(15-26)8-10-27(11-9-21)19-12-18(22)24-20(23)25-19/h3-7,12,17H,2,8-11,13-15H2,1H3,(H4,22,23,24,25). The van der Waals surface area contributed by atoms with Crippen molar-refractivity contribution in [3.63, 3.8) is 0 Å². The van der Waals surface area contributed by atoms with E-state index in [1.807, 2.05) is 6.07 Å². The molecule has 2 saturated heterocycles. The molecule has 27 heavy (non-hydrogen) atoms. The molecule has 144 valence electrons. The van der Waals surface area contributed by atoms with Gasteiger partial charge in [0.25, 0.3) is 0 Å². The van der Waals surface area contributed by atoms with Gasteiger partial charge in [0.1, 0.15) is 11.6 Å². The zero-order chi connectivity index (χ0) is 18.9. The maximum atomic E-state index is 5.86. The minimum absolute atomic E-state index is 0.254.